The number of hydrogen-bond acceptors (Lipinski definition) is 4. The first-order valence-corrected chi connectivity index (χ1v) is 9.19. The van der Waals surface area contributed by atoms with Crippen LogP contribution < -0.4 is 0 Å². The summed E-state index contributed by atoms with van der Waals surface area (Å²) in [6.07, 6.45) is 3.11. The Labute approximate surface area is 150 Å². The lowest BCUT2D eigenvalue weighted by molar-refractivity contribution is -0.149. The van der Waals surface area contributed by atoms with Crippen LogP contribution >= 0.6 is 0 Å². The van der Waals surface area contributed by atoms with E-state index < -0.39 is 5.60 Å². The summed E-state index contributed by atoms with van der Waals surface area (Å²) in [5.41, 5.74) is 2.64. The molecule has 26 heavy (non-hydrogen) atoms. The fourth-order valence-electron chi connectivity index (χ4n) is 5.48. The average molecular weight is 344 g/mol. The largest absolute Gasteiger partial charge is 0.354 e. The van der Waals surface area contributed by atoms with Crippen LogP contribution in [0.3, 0.4) is 0 Å². The molecule has 4 heteroatoms. The molecular formula is C22H16O4. The summed E-state index contributed by atoms with van der Waals surface area (Å²) in [6.45, 7) is 0. The quantitative estimate of drug-likeness (QED) is 0.626. The maximum Gasteiger partial charge on any atom is 0.194 e. The van der Waals surface area contributed by atoms with Crippen molar-refractivity contribution in [2.45, 2.75) is 37.4 Å². The molecule has 2 fully saturated rings. The maximum atomic E-state index is 13.0. The Kier molecular flexibility index (Phi) is 2.56. The summed E-state index contributed by atoms with van der Waals surface area (Å²) < 4.78 is 6.24. The molecule has 0 amide bonds. The van der Waals surface area contributed by atoms with Crippen LogP contribution in [0.1, 0.15) is 74.8 Å². The van der Waals surface area contributed by atoms with Gasteiger partial charge >= 0.3 is 0 Å². The van der Waals surface area contributed by atoms with Crippen molar-refractivity contribution in [1.29, 1.82) is 0 Å². The van der Waals surface area contributed by atoms with Gasteiger partial charge in [-0.3, -0.25) is 14.4 Å². The molecule has 2 aliphatic carbocycles. The van der Waals surface area contributed by atoms with Crippen molar-refractivity contribution in [2.24, 2.45) is 5.92 Å². The number of Topliss-reactive ketones (excluding diaryl/α,β-unsaturated/α-hetero) is 1. The molecule has 0 N–H and O–H groups in total. The van der Waals surface area contributed by atoms with Crippen molar-refractivity contribution in [3.05, 3.63) is 69.8 Å². The van der Waals surface area contributed by atoms with Crippen molar-refractivity contribution < 1.29 is 19.1 Å². The van der Waals surface area contributed by atoms with Crippen LogP contribution in [0.5, 0.6) is 0 Å². The summed E-state index contributed by atoms with van der Waals surface area (Å²) in [5.74, 6) is 0.0627. The van der Waals surface area contributed by atoms with E-state index in [0.29, 0.717) is 28.7 Å². The lowest BCUT2D eigenvalue weighted by Gasteiger charge is -2.37. The highest BCUT2D eigenvalue weighted by Gasteiger charge is 2.62. The van der Waals surface area contributed by atoms with E-state index in [1.807, 2.05) is 6.07 Å². The molecule has 0 unspecified atom stereocenters. The first-order chi connectivity index (χ1) is 12.6. The monoisotopic (exact) mass is 344 g/mol. The van der Waals surface area contributed by atoms with E-state index >= 15 is 0 Å². The second kappa shape index (κ2) is 4.57. The van der Waals surface area contributed by atoms with E-state index in [1.165, 1.54) is 0 Å². The molecule has 0 radical (unpaired) electrons. The number of rotatable bonds is 0. The van der Waals surface area contributed by atoms with Gasteiger partial charge in [0.25, 0.3) is 0 Å². The Morgan fingerprint density at radius 1 is 0.923 bits per heavy atom. The topological polar surface area (TPSA) is 60.4 Å². The minimum atomic E-state index is -0.881. The molecular weight excluding hydrogens is 328 g/mol. The third-order valence-corrected chi connectivity index (χ3v) is 6.61. The summed E-state index contributed by atoms with van der Waals surface area (Å²) in [4.78, 5) is 38.8. The van der Waals surface area contributed by atoms with Crippen LogP contribution in [0.15, 0.2) is 36.4 Å². The molecule has 128 valence electrons. The number of hydrogen-bond donors (Lipinski definition) is 0. The Balaban J connectivity index is 1.61. The summed E-state index contributed by atoms with van der Waals surface area (Å²) in [5, 5.41) is 0. The van der Waals surface area contributed by atoms with Gasteiger partial charge in [0.1, 0.15) is 0 Å². The maximum absolute atomic E-state index is 13.0. The molecule has 2 aromatic rings. The highest BCUT2D eigenvalue weighted by atomic mass is 16.5. The van der Waals surface area contributed by atoms with Gasteiger partial charge in [0.05, 0.1) is 6.10 Å². The third-order valence-electron chi connectivity index (χ3n) is 6.61. The summed E-state index contributed by atoms with van der Waals surface area (Å²) in [6, 6.07) is 10.5. The van der Waals surface area contributed by atoms with Gasteiger partial charge in [-0.1, -0.05) is 24.3 Å². The Bertz CT molecular complexity index is 1050. The van der Waals surface area contributed by atoms with Gasteiger partial charge in [0.2, 0.25) is 0 Å². The normalized spacial score (nSPS) is 30.7. The highest BCUT2D eigenvalue weighted by molar-refractivity contribution is 6.28. The second-order valence-electron chi connectivity index (χ2n) is 7.78. The summed E-state index contributed by atoms with van der Waals surface area (Å²) >= 11 is 0. The zero-order valence-electron chi connectivity index (χ0n) is 14.1. The molecule has 4 aliphatic rings. The number of ether oxygens (including phenoxy) is 1. The Hall–Kier alpha value is -2.59. The predicted octanol–water partition coefficient (Wildman–Crippen LogP) is 3.50. The van der Waals surface area contributed by atoms with Crippen LogP contribution in [0.25, 0.3) is 0 Å². The second-order valence-corrected chi connectivity index (χ2v) is 7.78. The van der Waals surface area contributed by atoms with Crippen LogP contribution in [-0.2, 0) is 15.1 Å². The summed E-state index contributed by atoms with van der Waals surface area (Å²) in [7, 11) is 0. The van der Waals surface area contributed by atoms with E-state index in [1.54, 1.807) is 30.3 Å². The van der Waals surface area contributed by atoms with Crippen molar-refractivity contribution >= 4 is 17.3 Å². The molecule has 1 spiro atoms. The third kappa shape index (κ3) is 1.49. The van der Waals surface area contributed by atoms with Crippen molar-refractivity contribution in [3.8, 4) is 0 Å². The first kappa shape index (κ1) is 14.6. The van der Waals surface area contributed by atoms with E-state index in [2.05, 4.69) is 0 Å². The number of fused-ring (bicyclic) bond motifs is 5. The zero-order valence-corrected chi connectivity index (χ0v) is 14.1. The van der Waals surface area contributed by atoms with Gasteiger partial charge in [-0.2, -0.15) is 0 Å². The van der Waals surface area contributed by atoms with Crippen LogP contribution in [0.2, 0.25) is 0 Å². The van der Waals surface area contributed by atoms with Crippen LogP contribution in [-0.4, -0.2) is 17.3 Å². The number of ketones is 3. The van der Waals surface area contributed by atoms with E-state index in [-0.39, 0.29) is 29.4 Å². The van der Waals surface area contributed by atoms with Gasteiger partial charge in [0, 0.05) is 34.6 Å². The van der Waals surface area contributed by atoms with E-state index in [9.17, 15) is 14.4 Å². The lowest BCUT2D eigenvalue weighted by Crippen LogP contribution is -2.43. The molecule has 4 nitrogen and oxygen atoms in total. The molecule has 2 heterocycles. The molecule has 3 atom stereocenters. The molecule has 2 aliphatic heterocycles. The van der Waals surface area contributed by atoms with Gasteiger partial charge in [0.15, 0.2) is 23.0 Å². The fraction of sp³-hybridized carbons (Fsp3) is 0.318. The van der Waals surface area contributed by atoms with E-state index in [0.717, 1.165) is 30.4 Å². The van der Waals surface area contributed by atoms with Gasteiger partial charge in [-0.05, 0) is 42.5 Å². The molecule has 2 aromatic carbocycles. The number of carbonyl (C=O) groups is 3. The minimum absolute atomic E-state index is 0.121. The van der Waals surface area contributed by atoms with E-state index in [4.69, 9.17) is 4.74 Å². The average Bonchev–Trinajstić information content (AvgIpc) is 3.20. The Morgan fingerprint density at radius 2 is 1.62 bits per heavy atom. The van der Waals surface area contributed by atoms with Crippen molar-refractivity contribution in [2.75, 3.05) is 0 Å². The standard InChI is InChI=1S/C22H16O4/c23-19-7-3-4-11-8-18-16-9-14-15(10-17(16)22(11,19)26-18)21(25)13-6-2-1-5-12(13)20(14)24/h1-2,5-6,9-11,18H,3-4,7-8H2/t11-,18+,22-/m0/s1. The van der Waals surface area contributed by atoms with Crippen molar-refractivity contribution in [3.63, 3.8) is 0 Å². The van der Waals surface area contributed by atoms with Gasteiger partial charge < -0.3 is 4.74 Å². The van der Waals surface area contributed by atoms with Crippen molar-refractivity contribution in [1.82, 2.24) is 0 Å². The molecule has 1 saturated heterocycles. The smallest absolute Gasteiger partial charge is 0.194 e. The Morgan fingerprint density at radius 3 is 2.35 bits per heavy atom. The predicted molar refractivity (Wildman–Crippen MR) is 92.2 cm³/mol. The highest BCUT2D eigenvalue weighted by Crippen LogP contribution is 2.62. The van der Waals surface area contributed by atoms with Gasteiger partial charge in [-0.25, -0.2) is 0 Å². The lowest BCUT2D eigenvalue weighted by atomic mass is 9.65. The molecule has 6 rings (SSSR count). The van der Waals surface area contributed by atoms with Gasteiger partial charge in [-0.15, -0.1) is 0 Å². The first-order valence-electron chi connectivity index (χ1n) is 9.19. The van der Waals surface area contributed by atoms with Crippen LogP contribution in [0, 0.1) is 5.92 Å². The minimum Gasteiger partial charge on any atom is -0.354 e. The zero-order chi connectivity index (χ0) is 17.6. The fourth-order valence-corrected chi connectivity index (χ4v) is 5.48. The molecule has 0 aromatic heterocycles. The SMILES string of the molecule is O=C1c2ccccc2C(=O)c2cc3c(cc21)[C@H]1C[C@@H]2CCCC(=O)[C@@]32O1. The number of benzene rings is 2. The molecule has 2 bridgehead atoms. The molecule has 1 saturated carbocycles. The van der Waals surface area contributed by atoms with Crippen LogP contribution in [0.4, 0.5) is 0 Å². The number of carbonyl (C=O) groups excluding carboxylic acids is 3.